The predicted molar refractivity (Wildman–Crippen MR) is 67.4 cm³/mol. The Balaban J connectivity index is 1.88. The summed E-state index contributed by atoms with van der Waals surface area (Å²) in [5.74, 6) is 6.06. The molecule has 0 aliphatic carbocycles. The molecule has 0 bridgehead atoms. The van der Waals surface area contributed by atoms with E-state index in [0.717, 1.165) is 38.2 Å². The average Bonchev–Trinajstić information content (AvgIpc) is 2.40. The Morgan fingerprint density at radius 1 is 1.47 bits per heavy atom. The molecular formula is C12H20N4O. The van der Waals surface area contributed by atoms with Gasteiger partial charge in [0.1, 0.15) is 5.82 Å². The number of nitrogen functional groups attached to an aromatic ring is 1. The van der Waals surface area contributed by atoms with Crippen LogP contribution in [0.4, 0.5) is 5.82 Å². The Bertz CT molecular complexity index is 350. The van der Waals surface area contributed by atoms with Gasteiger partial charge in [0.15, 0.2) is 0 Å². The number of pyridine rings is 1. The fourth-order valence-electron chi connectivity index (χ4n) is 2.18. The third kappa shape index (κ3) is 3.39. The first-order valence-electron chi connectivity index (χ1n) is 5.99. The molecule has 2 rings (SSSR count). The molecule has 0 radical (unpaired) electrons. The second-order valence-corrected chi connectivity index (χ2v) is 4.37. The highest BCUT2D eigenvalue weighted by Gasteiger charge is 2.18. The fourth-order valence-corrected chi connectivity index (χ4v) is 2.18. The van der Waals surface area contributed by atoms with Crippen LogP contribution >= 0.6 is 0 Å². The monoisotopic (exact) mass is 236 g/mol. The number of nitrogens with one attached hydrogen (secondary N) is 1. The first-order valence-corrected chi connectivity index (χ1v) is 5.99. The molecule has 0 atom stereocenters. The molecular weight excluding hydrogens is 216 g/mol. The van der Waals surface area contributed by atoms with E-state index in [0.29, 0.717) is 11.9 Å². The Hall–Kier alpha value is -1.17. The molecule has 1 aliphatic heterocycles. The Morgan fingerprint density at radius 2 is 2.24 bits per heavy atom. The standard InChI is InChI=1S/C12H20N4O/c1-17-11-5-7-16(8-6-11)9-10-3-2-4-12(14-10)15-13/h2-4,11H,5-9,13H2,1H3,(H,14,15). The van der Waals surface area contributed by atoms with Gasteiger partial charge in [-0.1, -0.05) is 6.07 Å². The maximum absolute atomic E-state index is 5.36. The van der Waals surface area contributed by atoms with Crippen LogP contribution < -0.4 is 11.3 Å². The van der Waals surface area contributed by atoms with Gasteiger partial charge in [0, 0.05) is 26.7 Å². The van der Waals surface area contributed by atoms with E-state index >= 15 is 0 Å². The van der Waals surface area contributed by atoms with Crippen molar-refractivity contribution in [3.8, 4) is 0 Å². The highest BCUT2D eigenvalue weighted by Crippen LogP contribution is 2.15. The van der Waals surface area contributed by atoms with E-state index in [9.17, 15) is 0 Å². The van der Waals surface area contributed by atoms with E-state index in [1.165, 1.54) is 0 Å². The minimum Gasteiger partial charge on any atom is -0.381 e. The van der Waals surface area contributed by atoms with Crippen LogP contribution in [0, 0.1) is 0 Å². The van der Waals surface area contributed by atoms with Crippen molar-refractivity contribution >= 4 is 5.82 Å². The number of nitrogens with two attached hydrogens (primary N) is 1. The van der Waals surface area contributed by atoms with Crippen molar-refractivity contribution in [2.75, 3.05) is 25.6 Å². The van der Waals surface area contributed by atoms with Crippen molar-refractivity contribution in [1.29, 1.82) is 0 Å². The number of methoxy groups -OCH3 is 1. The normalized spacial score (nSPS) is 18.2. The van der Waals surface area contributed by atoms with Crippen LogP contribution in [0.1, 0.15) is 18.5 Å². The summed E-state index contributed by atoms with van der Waals surface area (Å²) in [5.41, 5.74) is 3.62. The lowest BCUT2D eigenvalue weighted by molar-refractivity contribution is 0.0385. The van der Waals surface area contributed by atoms with Crippen LogP contribution in [0.5, 0.6) is 0 Å². The average molecular weight is 236 g/mol. The molecule has 0 amide bonds. The van der Waals surface area contributed by atoms with Crippen LogP contribution in [0.3, 0.4) is 0 Å². The second kappa shape index (κ2) is 5.95. The summed E-state index contributed by atoms with van der Waals surface area (Å²) >= 11 is 0. The van der Waals surface area contributed by atoms with E-state index in [2.05, 4.69) is 15.3 Å². The van der Waals surface area contributed by atoms with Crippen LogP contribution in [0.15, 0.2) is 18.2 Å². The molecule has 1 aliphatic rings. The van der Waals surface area contributed by atoms with Crippen LogP contribution in [0.25, 0.3) is 0 Å². The molecule has 1 saturated heterocycles. The summed E-state index contributed by atoms with van der Waals surface area (Å²) < 4.78 is 5.36. The van der Waals surface area contributed by atoms with Gasteiger partial charge in [0.2, 0.25) is 0 Å². The molecule has 2 heterocycles. The number of hydrazine groups is 1. The molecule has 1 aromatic heterocycles. The largest absolute Gasteiger partial charge is 0.381 e. The zero-order chi connectivity index (χ0) is 12.1. The van der Waals surface area contributed by atoms with Crippen molar-refractivity contribution in [1.82, 2.24) is 9.88 Å². The molecule has 0 unspecified atom stereocenters. The predicted octanol–water partition coefficient (Wildman–Crippen LogP) is 0.978. The lowest BCUT2D eigenvalue weighted by Gasteiger charge is -2.30. The summed E-state index contributed by atoms with van der Waals surface area (Å²) in [5, 5.41) is 0. The quantitative estimate of drug-likeness (QED) is 0.602. The molecule has 0 saturated carbocycles. The number of rotatable bonds is 4. The lowest BCUT2D eigenvalue weighted by atomic mass is 10.1. The molecule has 94 valence electrons. The minimum atomic E-state index is 0.427. The van der Waals surface area contributed by atoms with E-state index in [1.54, 1.807) is 7.11 Å². The Kier molecular flexibility index (Phi) is 4.30. The fraction of sp³-hybridized carbons (Fsp3) is 0.583. The highest BCUT2D eigenvalue weighted by molar-refractivity contribution is 5.33. The van der Waals surface area contributed by atoms with Crippen molar-refractivity contribution in [2.45, 2.75) is 25.5 Å². The third-order valence-electron chi connectivity index (χ3n) is 3.21. The molecule has 3 N–H and O–H groups in total. The zero-order valence-corrected chi connectivity index (χ0v) is 10.2. The smallest absolute Gasteiger partial charge is 0.140 e. The molecule has 17 heavy (non-hydrogen) atoms. The van der Waals surface area contributed by atoms with Gasteiger partial charge in [-0.15, -0.1) is 0 Å². The lowest BCUT2D eigenvalue weighted by Crippen LogP contribution is -2.36. The van der Waals surface area contributed by atoms with Gasteiger partial charge < -0.3 is 10.2 Å². The van der Waals surface area contributed by atoms with Crippen LogP contribution in [0.2, 0.25) is 0 Å². The number of likely N-dealkylation sites (tertiary alicyclic amines) is 1. The molecule has 5 heteroatoms. The van der Waals surface area contributed by atoms with Gasteiger partial charge in [0.25, 0.3) is 0 Å². The Morgan fingerprint density at radius 3 is 2.88 bits per heavy atom. The first kappa shape index (κ1) is 12.3. The van der Waals surface area contributed by atoms with Crippen molar-refractivity contribution < 1.29 is 4.74 Å². The number of hydrogen-bond donors (Lipinski definition) is 2. The third-order valence-corrected chi connectivity index (χ3v) is 3.21. The molecule has 0 spiro atoms. The van der Waals surface area contributed by atoms with Gasteiger partial charge in [-0.3, -0.25) is 4.90 Å². The van der Waals surface area contributed by atoms with Crippen molar-refractivity contribution in [3.63, 3.8) is 0 Å². The van der Waals surface area contributed by atoms with Crippen LogP contribution in [-0.4, -0.2) is 36.2 Å². The summed E-state index contributed by atoms with van der Waals surface area (Å²) in [6.07, 6.45) is 2.63. The van der Waals surface area contributed by atoms with Gasteiger partial charge >= 0.3 is 0 Å². The van der Waals surface area contributed by atoms with Crippen molar-refractivity contribution in [2.24, 2.45) is 5.84 Å². The van der Waals surface area contributed by atoms with E-state index < -0.39 is 0 Å². The van der Waals surface area contributed by atoms with Gasteiger partial charge in [-0.2, -0.15) is 0 Å². The number of nitrogens with zero attached hydrogens (tertiary/aromatic N) is 2. The molecule has 1 aromatic rings. The van der Waals surface area contributed by atoms with Gasteiger partial charge in [0.05, 0.1) is 11.8 Å². The maximum atomic E-state index is 5.36. The summed E-state index contributed by atoms with van der Waals surface area (Å²) in [6.45, 7) is 3.02. The van der Waals surface area contributed by atoms with Crippen molar-refractivity contribution in [3.05, 3.63) is 23.9 Å². The molecule has 5 nitrogen and oxygen atoms in total. The van der Waals surface area contributed by atoms with Crippen LogP contribution in [-0.2, 0) is 11.3 Å². The molecule has 0 aromatic carbocycles. The van der Waals surface area contributed by atoms with E-state index in [-0.39, 0.29) is 0 Å². The topological polar surface area (TPSA) is 63.4 Å². The number of hydrogen-bond acceptors (Lipinski definition) is 5. The Labute approximate surface area is 102 Å². The first-order chi connectivity index (χ1) is 8.31. The van der Waals surface area contributed by atoms with E-state index in [1.807, 2.05) is 18.2 Å². The number of aromatic nitrogens is 1. The number of anilines is 1. The second-order valence-electron chi connectivity index (χ2n) is 4.37. The maximum Gasteiger partial charge on any atom is 0.140 e. The minimum absolute atomic E-state index is 0.427. The van der Waals surface area contributed by atoms with Gasteiger partial charge in [-0.25, -0.2) is 10.8 Å². The number of ether oxygens (including phenoxy) is 1. The number of piperidine rings is 1. The molecule has 1 fully saturated rings. The van der Waals surface area contributed by atoms with E-state index in [4.69, 9.17) is 10.6 Å². The SMILES string of the molecule is COC1CCN(Cc2cccc(NN)n2)CC1. The van der Waals surface area contributed by atoms with Gasteiger partial charge in [-0.05, 0) is 25.0 Å². The summed E-state index contributed by atoms with van der Waals surface area (Å²) in [7, 11) is 1.79. The summed E-state index contributed by atoms with van der Waals surface area (Å²) in [6, 6.07) is 5.86. The zero-order valence-electron chi connectivity index (χ0n) is 10.2. The highest BCUT2D eigenvalue weighted by atomic mass is 16.5. The summed E-state index contributed by atoms with van der Waals surface area (Å²) in [4.78, 5) is 6.82.